The van der Waals surface area contributed by atoms with Crippen molar-refractivity contribution in [1.82, 2.24) is 10.2 Å². The third-order valence-electron chi connectivity index (χ3n) is 5.79. The van der Waals surface area contributed by atoms with Gasteiger partial charge in [-0.2, -0.15) is 5.10 Å². The number of H-pyrrole nitrogens is 1. The van der Waals surface area contributed by atoms with Crippen molar-refractivity contribution in [2.75, 3.05) is 5.75 Å². The Morgan fingerprint density at radius 2 is 1.89 bits per heavy atom. The maximum absolute atomic E-state index is 12.4. The van der Waals surface area contributed by atoms with Gasteiger partial charge in [0.15, 0.2) is 14.9 Å². The number of allylic oxidation sites excluding steroid dienone is 2. The second-order valence-corrected chi connectivity index (χ2v) is 11.5. The van der Waals surface area contributed by atoms with Crippen LogP contribution < -0.4 is 5.73 Å². The van der Waals surface area contributed by atoms with Gasteiger partial charge in [0.05, 0.1) is 16.7 Å². The van der Waals surface area contributed by atoms with E-state index in [4.69, 9.17) is 15.9 Å². The number of carbonyl (C=O) groups is 2. The van der Waals surface area contributed by atoms with E-state index < -0.39 is 27.2 Å². The Hall–Kier alpha value is -3.54. The van der Waals surface area contributed by atoms with Crippen molar-refractivity contribution in [2.24, 2.45) is 11.1 Å². The zero-order chi connectivity index (χ0) is 27.4. The molecular formula is C26H26BrN3O6S. The Labute approximate surface area is 222 Å². The van der Waals surface area contributed by atoms with E-state index in [0.717, 1.165) is 16.7 Å². The standard InChI is InChI=1S/C17H17N3O2S.C9H9BrO4/c1-2-10-23(21,22)17-16-14(4-3-5-15(16)19-20-17)13-8-6-12(11-18)7-9-13;1-9(8(13)14)3-5(7(11)12)2-6(10)4-9/h2-9H,1,10-11,18H2,(H,19,20);2,4H,3H2,1H3,(H,11,12)(H,13,14). The molecule has 1 aromatic heterocycles. The second kappa shape index (κ2) is 11.2. The van der Waals surface area contributed by atoms with Crippen LogP contribution in [0.25, 0.3) is 22.0 Å². The van der Waals surface area contributed by atoms with Crippen molar-refractivity contribution in [3.8, 4) is 11.1 Å². The van der Waals surface area contributed by atoms with Gasteiger partial charge in [-0.25, -0.2) is 13.2 Å². The van der Waals surface area contributed by atoms with Crippen molar-refractivity contribution in [1.29, 1.82) is 0 Å². The Kier molecular flexibility index (Phi) is 8.52. The summed E-state index contributed by atoms with van der Waals surface area (Å²) in [7, 11) is -3.49. The van der Waals surface area contributed by atoms with Crippen LogP contribution in [0.15, 0.2) is 82.4 Å². The minimum atomic E-state index is -3.49. The van der Waals surface area contributed by atoms with Gasteiger partial charge in [0, 0.05) is 22.0 Å². The van der Waals surface area contributed by atoms with Crippen LogP contribution >= 0.6 is 15.9 Å². The lowest BCUT2D eigenvalue weighted by atomic mass is 9.80. The zero-order valence-corrected chi connectivity index (χ0v) is 22.3. The summed E-state index contributed by atoms with van der Waals surface area (Å²) in [5.41, 5.74) is 7.97. The summed E-state index contributed by atoms with van der Waals surface area (Å²) in [5, 5.41) is 25.2. The summed E-state index contributed by atoms with van der Waals surface area (Å²) in [4.78, 5) is 21.6. The molecule has 0 saturated carbocycles. The highest BCUT2D eigenvalue weighted by Crippen LogP contribution is 2.36. The Balaban J connectivity index is 0.000000233. The smallest absolute Gasteiger partial charge is 0.331 e. The first-order valence-corrected chi connectivity index (χ1v) is 13.5. The van der Waals surface area contributed by atoms with E-state index in [2.05, 4.69) is 32.7 Å². The van der Waals surface area contributed by atoms with Gasteiger partial charge in [0.2, 0.25) is 0 Å². The number of hydrogen-bond donors (Lipinski definition) is 4. The van der Waals surface area contributed by atoms with E-state index >= 15 is 0 Å². The number of aromatic nitrogens is 2. The molecule has 0 aliphatic heterocycles. The number of nitrogens with zero attached hydrogens (tertiary/aromatic N) is 1. The summed E-state index contributed by atoms with van der Waals surface area (Å²) in [6.07, 6.45) is 4.31. The van der Waals surface area contributed by atoms with Crippen LogP contribution in [-0.4, -0.2) is 46.5 Å². The van der Waals surface area contributed by atoms with Crippen LogP contribution in [0.2, 0.25) is 0 Å². The molecule has 3 aromatic rings. The maximum atomic E-state index is 12.4. The van der Waals surface area contributed by atoms with Crippen molar-refractivity contribution in [3.63, 3.8) is 0 Å². The van der Waals surface area contributed by atoms with Crippen molar-refractivity contribution in [2.45, 2.75) is 24.9 Å². The summed E-state index contributed by atoms with van der Waals surface area (Å²) >= 11 is 3.10. The molecule has 0 spiro atoms. The average molecular weight is 588 g/mol. The molecule has 1 atom stereocenters. The van der Waals surface area contributed by atoms with Crippen LogP contribution in [0.5, 0.6) is 0 Å². The van der Waals surface area contributed by atoms with Crippen LogP contribution in [0, 0.1) is 5.41 Å². The molecule has 194 valence electrons. The van der Waals surface area contributed by atoms with Crippen LogP contribution in [0.1, 0.15) is 18.9 Å². The largest absolute Gasteiger partial charge is 0.481 e. The Morgan fingerprint density at radius 1 is 1.22 bits per heavy atom. The van der Waals surface area contributed by atoms with Crippen molar-refractivity contribution < 1.29 is 28.2 Å². The monoisotopic (exact) mass is 587 g/mol. The van der Waals surface area contributed by atoms with Crippen molar-refractivity contribution in [3.05, 3.63) is 82.9 Å². The van der Waals surface area contributed by atoms with Gasteiger partial charge in [-0.05, 0) is 42.2 Å². The highest BCUT2D eigenvalue weighted by molar-refractivity contribution is 9.11. The molecule has 1 heterocycles. The molecule has 0 fully saturated rings. The molecule has 0 radical (unpaired) electrons. The fourth-order valence-electron chi connectivity index (χ4n) is 3.85. The minimum Gasteiger partial charge on any atom is -0.481 e. The number of carboxylic acids is 2. The number of nitrogens with one attached hydrogen (secondary N) is 1. The first-order chi connectivity index (χ1) is 17.4. The molecular weight excluding hydrogens is 562 g/mol. The lowest BCUT2D eigenvalue weighted by Gasteiger charge is -2.24. The SMILES string of the molecule is C=CCS(=O)(=O)c1[nH]nc2cccc(-c3ccc(CN)cc3)c12.CC1(C(=O)O)C=C(Br)C=C(C(=O)O)C1. The number of benzene rings is 2. The highest BCUT2D eigenvalue weighted by atomic mass is 79.9. The van der Waals surface area contributed by atoms with Gasteiger partial charge in [-0.3, -0.25) is 9.89 Å². The highest BCUT2D eigenvalue weighted by Gasteiger charge is 2.36. The number of carboxylic acid groups (broad SMARTS) is 2. The fourth-order valence-corrected chi connectivity index (χ4v) is 5.82. The van der Waals surface area contributed by atoms with Gasteiger partial charge >= 0.3 is 11.9 Å². The third-order valence-corrected chi connectivity index (χ3v) is 7.84. The number of rotatable bonds is 7. The number of fused-ring (bicyclic) bond motifs is 1. The lowest BCUT2D eigenvalue weighted by molar-refractivity contribution is -0.145. The third kappa shape index (κ3) is 6.24. The van der Waals surface area contributed by atoms with Gasteiger partial charge in [0.25, 0.3) is 0 Å². The second-order valence-electron chi connectivity index (χ2n) is 8.63. The van der Waals surface area contributed by atoms with E-state index in [0.29, 0.717) is 21.9 Å². The first-order valence-electron chi connectivity index (χ1n) is 11.1. The predicted octanol–water partition coefficient (Wildman–Crippen LogP) is 4.42. The number of halogens is 1. The molecule has 4 rings (SSSR count). The number of hydrogen-bond acceptors (Lipinski definition) is 6. The van der Waals surface area contributed by atoms with E-state index in [-0.39, 0.29) is 22.8 Å². The van der Waals surface area contributed by atoms with Gasteiger partial charge in [0.1, 0.15) is 0 Å². The van der Waals surface area contributed by atoms with Crippen LogP contribution in [-0.2, 0) is 26.0 Å². The number of aromatic amines is 1. The van der Waals surface area contributed by atoms with Gasteiger partial charge in [-0.15, -0.1) is 6.58 Å². The molecule has 1 aliphatic carbocycles. The molecule has 1 aliphatic rings. The molecule has 9 nitrogen and oxygen atoms in total. The molecule has 2 aromatic carbocycles. The van der Waals surface area contributed by atoms with Gasteiger partial charge < -0.3 is 15.9 Å². The van der Waals surface area contributed by atoms with Crippen LogP contribution in [0.3, 0.4) is 0 Å². The molecule has 11 heteroatoms. The summed E-state index contributed by atoms with van der Waals surface area (Å²) < 4.78 is 25.4. The Bertz CT molecular complexity index is 1520. The quantitative estimate of drug-likeness (QED) is 0.295. The van der Waals surface area contributed by atoms with Gasteiger partial charge in [-0.1, -0.05) is 64.5 Å². The number of nitrogens with two attached hydrogens (primary N) is 1. The van der Waals surface area contributed by atoms with Crippen molar-refractivity contribution >= 4 is 48.6 Å². The Morgan fingerprint density at radius 3 is 2.46 bits per heavy atom. The fraction of sp³-hybridized carbons (Fsp3) is 0.192. The molecule has 0 amide bonds. The van der Waals surface area contributed by atoms with Crippen LogP contribution in [0.4, 0.5) is 0 Å². The maximum Gasteiger partial charge on any atom is 0.331 e. The number of aliphatic carboxylic acids is 2. The molecule has 1 unspecified atom stereocenters. The average Bonchev–Trinajstić information content (AvgIpc) is 3.29. The summed E-state index contributed by atoms with van der Waals surface area (Å²) in [6.45, 7) is 5.47. The first kappa shape index (κ1) is 28.0. The number of sulfone groups is 1. The normalized spacial score (nSPS) is 17.3. The molecule has 5 N–H and O–H groups in total. The van der Waals surface area contributed by atoms with E-state index in [1.807, 2.05) is 36.4 Å². The molecule has 0 saturated heterocycles. The minimum absolute atomic E-state index is 0.00671. The van der Waals surface area contributed by atoms with E-state index in [9.17, 15) is 18.0 Å². The zero-order valence-electron chi connectivity index (χ0n) is 19.9. The topological polar surface area (TPSA) is 163 Å². The predicted molar refractivity (Wildman–Crippen MR) is 145 cm³/mol. The van der Waals surface area contributed by atoms with E-state index in [1.54, 1.807) is 6.07 Å². The molecule has 0 bridgehead atoms. The summed E-state index contributed by atoms with van der Waals surface area (Å²) in [6, 6.07) is 13.3. The summed E-state index contributed by atoms with van der Waals surface area (Å²) in [5.74, 6) is -2.24. The molecule has 37 heavy (non-hydrogen) atoms. The lowest BCUT2D eigenvalue weighted by Crippen LogP contribution is -2.29. The van der Waals surface area contributed by atoms with E-state index in [1.165, 1.54) is 25.2 Å².